The molecule has 0 bridgehead atoms. The Morgan fingerprint density at radius 2 is 1.44 bits per heavy atom. The molecular formula is C32H44O13. The third-order valence-electron chi connectivity index (χ3n) is 9.74. The summed E-state index contributed by atoms with van der Waals surface area (Å²) in [5, 5.41) is 0. The molecule has 2 aliphatic carbocycles. The zero-order valence-corrected chi connectivity index (χ0v) is 27.3. The van der Waals surface area contributed by atoms with Gasteiger partial charge in [0.05, 0.1) is 5.41 Å². The highest BCUT2D eigenvalue weighted by Crippen LogP contribution is 2.66. The van der Waals surface area contributed by atoms with E-state index in [4.69, 9.17) is 33.2 Å². The van der Waals surface area contributed by atoms with Crippen LogP contribution in [-0.4, -0.2) is 83.6 Å². The van der Waals surface area contributed by atoms with Gasteiger partial charge in [0.2, 0.25) is 0 Å². The molecule has 13 nitrogen and oxygen atoms in total. The first-order chi connectivity index (χ1) is 20.9. The fourth-order valence-electron chi connectivity index (χ4n) is 7.89. The molecule has 11 atom stereocenters. The number of hydrogen-bond acceptors (Lipinski definition) is 13. The minimum atomic E-state index is -1.53. The van der Waals surface area contributed by atoms with Gasteiger partial charge in [0.25, 0.3) is 0 Å². The minimum absolute atomic E-state index is 0.00762. The molecule has 2 heterocycles. The van der Waals surface area contributed by atoms with Crippen LogP contribution in [0.4, 0.5) is 0 Å². The highest BCUT2D eigenvalue weighted by atomic mass is 16.7. The van der Waals surface area contributed by atoms with Crippen molar-refractivity contribution in [3.63, 3.8) is 0 Å². The minimum Gasteiger partial charge on any atom is -0.462 e. The highest BCUT2D eigenvalue weighted by Gasteiger charge is 2.87. The van der Waals surface area contributed by atoms with E-state index in [9.17, 15) is 28.8 Å². The molecule has 8 unspecified atom stereocenters. The molecule has 3 fully saturated rings. The van der Waals surface area contributed by atoms with Crippen LogP contribution in [0.2, 0.25) is 0 Å². The van der Waals surface area contributed by atoms with E-state index in [1.165, 1.54) is 27.7 Å². The number of ether oxygens (including phenoxy) is 7. The van der Waals surface area contributed by atoms with Gasteiger partial charge in [0, 0.05) is 58.8 Å². The van der Waals surface area contributed by atoms with Crippen molar-refractivity contribution in [1.29, 1.82) is 0 Å². The second-order valence-electron chi connectivity index (χ2n) is 13.0. The van der Waals surface area contributed by atoms with Gasteiger partial charge >= 0.3 is 35.8 Å². The van der Waals surface area contributed by atoms with Gasteiger partial charge in [0.1, 0.15) is 30.5 Å². The van der Waals surface area contributed by atoms with Crippen molar-refractivity contribution in [1.82, 2.24) is 0 Å². The van der Waals surface area contributed by atoms with Gasteiger partial charge < -0.3 is 33.2 Å². The molecule has 0 aromatic heterocycles. The topological polar surface area (TPSA) is 170 Å². The number of epoxide rings is 1. The molecule has 0 aromatic rings. The van der Waals surface area contributed by atoms with Gasteiger partial charge in [-0.05, 0) is 26.3 Å². The third-order valence-corrected chi connectivity index (χ3v) is 9.74. The third kappa shape index (κ3) is 5.95. The summed E-state index contributed by atoms with van der Waals surface area (Å²) in [6.45, 7) is 13.5. The highest BCUT2D eigenvalue weighted by molar-refractivity contribution is 5.89. The van der Waals surface area contributed by atoms with E-state index in [2.05, 4.69) is 0 Å². The van der Waals surface area contributed by atoms with Crippen LogP contribution in [0.15, 0.2) is 11.6 Å². The maximum Gasteiger partial charge on any atom is 0.342 e. The zero-order valence-electron chi connectivity index (χ0n) is 27.3. The Morgan fingerprint density at radius 3 is 1.98 bits per heavy atom. The van der Waals surface area contributed by atoms with E-state index < -0.39 is 101 Å². The Labute approximate surface area is 262 Å². The molecule has 4 rings (SSSR count). The van der Waals surface area contributed by atoms with Crippen LogP contribution < -0.4 is 0 Å². The van der Waals surface area contributed by atoms with Crippen LogP contribution in [0, 0.1) is 17.3 Å². The smallest absolute Gasteiger partial charge is 0.342 e. The average Bonchev–Trinajstić information content (AvgIpc) is 3.49. The molecule has 2 saturated heterocycles. The molecule has 13 heteroatoms. The van der Waals surface area contributed by atoms with Crippen molar-refractivity contribution in [3.8, 4) is 0 Å². The average molecular weight is 637 g/mol. The Bertz CT molecular complexity index is 1290. The molecule has 1 saturated carbocycles. The lowest BCUT2D eigenvalue weighted by Gasteiger charge is -2.57. The van der Waals surface area contributed by atoms with E-state index in [1.807, 2.05) is 6.92 Å². The van der Waals surface area contributed by atoms with Gasteiger partial charge in [0.15, 0.2) is 17.3 Å². The summed E-state index contributed by atoms with van der Waals surface area (Å²) in [5.74, 6) is -5.50. The quantitative estimate of drug-likeness (QED) is 0.173. The largest absolute Gasteiger partial charge is 0.462 e. The van der Waals surface area contributed by atoms with Crippen molar-refractivity contribution in [3.05, 3.63) is 11.6 Å². The van der Waals surface area contributed by atoms with Crippen molar-refractivity contribution in [2.75, 3.05) is 0 Å². The lowest BCUT2D eigenvalue weighted by atomic mass is 9.52. The first-order valence-electron chi connectivity index (χ1n) is 15.4. The normalized spacial score (nSPS) is 41.4. The second-order valence-corrected chi connectivity index (χ2v) is 13.0. The Hall–Kier alpha value is -3.48. The summed E-state index contributed by atoms with van der Waals surface area (Å²) < 4.78 is 41.9. The number of hydrogen-bond donors (Lipinski definition) is 0. The summed E-state index contributed by atoms with van der Waals surface area (Å²) in [5.41, 5.74) is -3.89. The maximum absolute atomic E-state index is 13.3. The van der Waals surface area contributed by atoms with Gasteiger partial charge in [-0.1, -0.05) is 26.3 Å². The SMILES string of the molecule is CCCC(=O)OC1C/C(C)=C\C2OC(=O)[C@@]3(C)OC23C(OC(C)=O)C2[C@@H](C)C(OC(C)=O)CC(OC(C)=O)[C@]2(C)C1OC(C)=O. The van der Waals surface area contributed by atoms with Gasteiger partial charge in [-0.3, -0.25) is 24.0 Å². The fraction of sp³-hybridized carbons (Fsp3) is 0.750. The molecule has 0 aromatic carbocycles. The second kappa shape index (κ2) is 12.4. The number of carbonyl (C=O) groups is 6. The lowest BCUT2D eigenvalue weighted by Crippen LogP contribution is -2.68. The number of fused-ring (bicyclic) bond motifs is 1. The van der Waals surface area contributed by atoms with Crippen LogP contribution in [0.25, 0.3) is 0 Å². The van der Waals surface area contributed by atoms with Crippen LogP contribution in [0.1, 0.15) is 88.0 Å². The maximum atomic E-state index is 13.3. The summed E-state index contributed by atoms with van der Waals surface area (Å²) in [7, 11) is 0. The Kier molecular flexibility index (Phi) is 9.46. The molecule has 250 valence electrons. The first kappa shape index (κ1) is 34.4. The van der Waals surface area contributed by atoms with Gasteiger partial charge in [-0.25, -0.2) is 4.79 Å². The standard InChI is InChI=1S/C32H44O13/c1-10-11-25(37)43-22-12-15(2)13-24-32(31(9,45-32)29(38)44-24)28(42-20(7)36)26-16(3)21(39-17(4)33)14-23(40-18(5)34)30(26,8)27(22)41-19(6)35/h13,16,21-24,26-28H,10-12,14H2,1-9H3/b15-13-/t16-,21?,22?,23?,24?,26?,27?,28?,30-,31+,32?/m0/s1. The molecule has 0 radical (unpaired) electrons. The molecule has 1 spiro atoms. The predicted molar refractivity (Wildman–Crippen MR) is 153 cm³/mol. The van der Waals surface area contributed by atoms with E-state index in [1.54, 1.807) is 33.8 Å². The van der Waals surface area contributed by atoms with Crippen molar-refractivity contribution in [2.45, 2.75) is 136 Å². The van der Waals surface area contributed by atoms with Crippen LogP contribution in [0.5, 0.6) is 0 Å². The molecule has 2 aliphatic heterocycles. The van der Waals surface area contributed by atoms with Crippen LogP contribution in [0.3, 0.4) is 0 Å². The van der Waals surface area contributed by atoms with Crippen molar-refractivity contribution in [2.24, 2.45) is 17.3 Å². The summed E-state index contributed by atoms with van der Waals surface area (Å²) >= 11 is 0. The summed E-state index contributed by atoms with van der Waals surface area (Å²) in [6, 6.07) is 0. The van der Waals surface area contributed by atoms with E-state index in [-0.39, 0.29) is 19.3 Å². The Morgan fingerprint density at radius 1 is 0.867 bits per heavy atom. The van der Waals surface area contributed by atoms with Gasteiger partial charge in [-0.2, -0.15) is 0 Å². The molecule has 4 aliphatic rings. The zero-order chi connectivity index (χ0) is 33.6. The Balaban J connectivity index is 2.07. The van der Waals surface area contributed by atoms with E-state index >= 15 is 0 Å². The van der Waals surface area contributed by atoms with E-state index in [0.717, 1.165) is 0 Å². The summed E-state index contributed by atoms with van der Waals surface area (Å²) in [6.07, 6.45) is -4.31. The monoisotopic (exact) mass is 636 g/mol. The molecule has 0 amide bonds. The predicted octanol–water partition coefficient (Wildman–Crippen LogP) is 2.89. The molecular weight excluding hydrogens is 592 g/mol. The fourth-order valence-corrected chi connectivity index (χ4v) is 7.89. The molecule has 0 N–H and O–H groups in total. The first-order valence-corrected chi connectivity index (χ1v) is 15.4. The lowest BCUT2D eigenvalue weighted by molar-refractivity contribution is -0.247. The van der Waals surface area contributed by atoms with Crippen molar-refractivity contribution >= 4 is 35.8 Å². The van der Waals surface area contributed by atoms with Crippen LogP contribution in [-0.2, 0) is 61.9 Å². The number of rotatable bonds is 7. The number of carbonyl (C=O) groups excluding carboxylic acids is 6. The molecule has 45 heavy (non-hydrogen) atoms. The number of esters is 6. The summed E-state index contributed by atoms with van der Waals surface area (Å²) in [4.78, 5) is 76.9. The van der Waals surface area contributed by atoms with Crippen molar-refractivity contribution < 1.29 is 61.9 Å². The van der Waals surface area contributed by atoms with Crippen LogP contribution >= 0.6 is 0 Å². The van der Waals surface area contributed by atoms with E-state index in [0.29, 0.717) is 12.0 Å². The van der Waals surface area contributed by atoms with Gasteiger partial charge in [-0.15, -0.1) is 0 Å².